The normalized spacial score (nSPS) is 34.1. The Kier molecular flexibility index (Phi) is 3.86. The average Bonchev–Trinajstić information content (AvgIpc) is 1.97. The summed E-state index contributed by atoms with van der Waals surface area (Å²) >= 11 is 3.50. The highest BCUT2D eigenvalue weighted by atomic mass is 79.9. The van der Waals surface area contributed by atoms with Crippen LogP contribution in [-0.2, 0) is 0 Å². The first-order chi connectivity index (χ1) is 5.25. The van der Waals surface area contributed by atoms with Crippen LogP contribution in [0.4, 0.5) is 0 Å². The molecule has 0 aliphatic carbocycles. The quantitative estimate of drug-likeness (QED) is 0.646. The third kappa shape index (κ3) is 2.45. The first kappa shape index (κ1) is 9.53. The van der Waals surface area contributed by atoms with Crippen molar-refractivity contribution in [2.24, 2.45) is 0 Å². The van der Waals surface area contributed by atoms with Crippen molar-refractivity contribution in [3.63, 3.8) is 0 Å². The molecule has 1 fully saturated rings. The van der Waals surface area contributed by atoms with Gasteiger partial charge in [-0.05, 0) is 26.7 Å². The van der Waals surface area contributed by atoms with Gasteiger partial charge in [-0.2, -0.15) is 0 Å². The van der Waals surface area contributed by atoms with Gasteiger partial charge in [-0.1, -0.05) is 22.4 Å². The van der Waals surface area contributed by atoms with E-state index in [0.29, 0.717) is 0 Å². The van der Waals surface area contributed by atoms with Gasteiger partial charge in [0.15, 0.2) is 0 Å². The molecule has 0 unspecified atom stereocenters. The fraction of sp³-hybridized carbons (Fsp3) is 1.00. The highest BCUT2D eigenvalue weighted by Crippen LogP contribution is 2.21. The van der Waals surface area contributed by atoms with Crippen LogP contribution in [0.5, 0.6) is 0 Å². The van der Waals surface area contributed by atoms with Gasteiger partial charge in [0.05, 0.1) is 0 Å². The van der Waals surface area contributed by atoms with Gasteiger partial charge in [-0.25, -0.2) is 0 Å². The summed E-state index contributed by atoms with van der Waals surface area (Å²) in [6.45, 7) is 5.90. The lowest BCUT2D eigenvalue weighted by atomic mass is 9.98. The van der Waals surface area contributed by atoms with E-state index in [9.17, 15) is 0 Å². The summed E-state index contributed by atoms with van der Waals surface area (Å²) in [6.07, 6.45) is 4.19. The summed E-state index contributed by atoms with van der Waals surface area (Å²) < 4.78 is 0. The second-order valence-corrected chi connectivity index (χ2v) is 4.35. The Bertz CT molecular complexity index is 106. The molecule has 1 rings (SSSR count). The minimum atomic E-state index is 0.802. The summed E-state index contributed by atoms with van der Waals surface area (Å²) in [6, 6.07) is 1.60. The van der Waals surface area contributed by atoms with Crippen molar-refractivity contribution >= 4 is 15.9 Å². The van der Waals surface area contributed by atoms with Crippen molar-refractivity contribution in [1.82, 2.24) is 4.90 Å². The van der Waals surface area contributed by atoms with E-state index in [2.05, 4.69) is 34.7 Å². The monoisotopic (exact) mass is 219 g/mol. The first-order valence-electron chi connectivity index (χ1n) is 4.57. The maximum atomic E-state index is 3.50. The van der Waals surface area contributed by atoms with Gasteiger partial charge in [-0.15, -0.1) is 0 Å². The molecular weight excluding hydrogens is 202 g/mol. The van der Waals surface area contributed by atoms with Gasteiger partial charge >= 0.3 is 0 Å². The number of hydrogen-bond donors (Lipinski definition) is 0. The largest absolute Gasteiger partial charge is 0.297 e. The molecule has 2 atom stereocenters. The Labute approximate surface area is 78.3 Å². The van der Waals surface area contributed by atoms with E-state index in [4.69, 9.17) is 0 Å². The number of piperidine rings is 1. The molecule has 66 valence electrons. The minimum Gasteiger partial charge on any atom is -0.297 e. The molecule has 0 radical (unpaired) electrons. The molecule has 0 aromatic carbocycles. The highest BCUT2D eigenvalue weighted by molar-refractivity contribution is 9.09. The van der Waals surface area contributed by atoms with E-state index in [0.717, 1.165) is 17.4 Å². The number of halogens is 1. The molecule has 0 bridgehead atoms. The lowest BCUT2D eigenvalue weighted by Gasteiger charge is -2.38. The Hall–Kier alpha value is 0.440. The van der Waals surface area contributed by atoms with Crippen molar-refractivity contribution in [2.75, 3.05) is 11.9 Å². The molecule has 2 heteroatoms. The van der Waals surface area contributed by atoms with Crippen molar-refractivity contribution in [1.29, 1.82) is 0 Å². The van der Waals surface area contributed by atoms with Crippen LogP contribution in [0.2, 0.25) is 0 Å². The number of nitrogens with zero attached hydrogens (tertiary/aromatic N) is 1. The van der Waals surface area contributed by atoms with E-state index in [1.807, 2.05) is 0 Å². The highest BCUT2D eigenvalue weighted by Gasteiger charge is 2.23. The summed E-state index contributed by atoms with van der Waals surface area (Å²) in [7, 11) is 0. The fourth-order valence-electron chi connectivity index (χ4n) is 2.01. The molecule has 0 saturated carbocycles. The molecule has 1 nitrogen and oxygen atoms in total. The SMILES string of the molecule is C[C@@H]1CCC[C@H](C)N1CCBr. The number of alkyl halides is 1. The standard InChI is InChI=1S/C9H18BrN/c1-8-4-3-5-9(2)11(8)7-6-10/h8-9H,3-7H2,1-2H3/t8-,9+. The average molecular weight is 220 g/mol. The van der Waals surface area contributed by atoms with E-state index in [1.54, 1.807) is 0 Å². The predicted octanol–water partition coefficient (Wildman–Crippen LogP) is 2.64. The number of rotatable bonds is 2. The predicted molar refractivity (Wildman–Crippen MR) is 53.3 cm³/mol. The van der Waals surface area contributed by atoms with Crippen LogP contribution >= 0.6 is 15.9 Å². The Morgan fingerprint density at radius 1 is 1.27 bits per heavy atom. The second-order valence-electron chi connectivity index (χ2n) is 3.56. The number of likely N-dealkylation sites (tertiary alicyclic amines) is 1. The molecule has 0 N–H and O–H groups in total. The zero-order chi connectivity index (χ0) is 8.27. The zero-order valence-electron chi connectivity index (χ0n) is 7.52. The van der Waals surface area contributed by atoms with Crippen LogP contribution in [0.3, 0.4) is 0 Å². The Balaban J connectivity index is 2.41. The molecule has 1 heterocycles. The van der Waals surface area contributed by atoms with E-state index < -0.39 is 0 Å². The molecular formula is C9H18BrN. The Morgan fingerprint density at radius 2 is 1.82 bits per heavy atom. The lowest BCUT2D eigenvalue weighted by Crippen LogP contribution is -2.44. The number of hydrogen-bond acceptors (Lipinski definition) is 1. The molecule has 11 heavy (non-hydrogen) atoms. The fourth-order valence-corrected chi connectivity index (χ4v) is 2.42. The van der Waals surface area contributed by atoms with Crippen LogP contribution < -0.4 is 0 Å². The van der Waals surface area contributed by atoms with Crippen molar-refractivity contribution < 1.29 is 0 Å². The smallest absolute Gasteiger partial charge is 0.0159 e. The van der Waals surface area contributed by atoms with E-state index in [1.165, 1.54) is 25.8 Å². The van der Waals surface area contributed by atoms with Crippen molar-refractivity contribution in [3.8, 4) is 0 Å². The molecule has 0 spiro atoms. The minimum absolute atomic E-state index is 0.802. The molecule has 1 aliphatic rings. The van der Waals surface area contributed by atoms with Crippen LogP contribution in [0.1, 0.15) is 33.1 Å². The van der Waals surface area contributed by atoms with Gasteiger partial charge in [-0.3, -0.25) is 4.90 Å². The topological polar surface area (TPSA) is 3.24 Å². The van der Waals surface area contributed by atoms with Crippen molar-refractivity contribution in [3.05, 3.63) is 0 Å². The van der Waals surface area contributed by atoms with Crippen LogP contribution in [0.25, 0.3) is 0 Å². The molecule has 1 aliphatic heterocycles. The van der Waals surface area contributed by atoms with Gasteiger partial charge in [0.2, 0.25) is 0 Å². The molecule has 0 aromatic heterocycles. The maximum absolute atomic E-state index is 3.50. The Morgan fingerprint density at radius 3 is 2.27 bits per heavy atom. The van der Waals surface area contributed by atoms with Gasteiger partial charge in [0.25, 0.3) is 0 Å². The molecule has 0 amide bonds. The van der Waals surface area contributed by atoms with Gasteiger partial charge in [0.1, 0.15) is 0 Å². The first-order valence-corrected chi connectivity index (χ1v) is 5.69. The van der Waals surface area contributed by atoms with E-state index in [-0.39, 0.29) is 0 Å². The maximum Gasteiger partial charge on any atom is 0.0159 e. The van der Waals surface area contributed by atoms with Crippen molar-refractivity contribution in [2.45, 2.75) is 45.2 Å². The summed E-state index contributed by atoms with van der Waals surface area (Å²) in [5.41, 5.74) is 0. The third-order valence-electron chi connectivity index (χ3n) is 2.72. The van der Waals surface area contributed by atoms with Gasteiger partial charge in [0, 0.05) is 24.0 Å². The summed E-state index contributed by atoms with van der Waals surface area (Å²) in [5, 5.41) is 1.11. The summed E-state index contributed by atoms with van der Waals surface area (Å²) in [4.78, 5) is 2.61. The van der Waals surface area contributed by atoms with Crippen LogP contribution in [0, 0.1) is 0 Å². The molecule has 0 aromatic rings. The third-order valence-corrected chi connectivity index (χ3v) is 3.07. The van der Waals surface area contributed by atoms with E-state index >= 15 is 0 Å². The van der Waals surface area contributed by atoms with Crippen LogP contribution in [-0.4, -0.2) is 28.9 Å². The van der Waals surface area contributed by atoms with Gasteiger partial charge < -0.3 is 0 Å². The summed E-state index contributed by atoms with van der Waals surface area (Å²) in [5.74, 6) is 0. The van der Waals surface area contributed by atoms with Crippen LogP contribution in [0.15, 0.2) is 0 Å². The molecule has 1 saturated heterocycles. The zero-order valence-corrected chi connectivity index (χ0v) is 9.10. The second kappa shape index (κ2) is 4.46. The lowest BCUT2D eigenvalue weighted by molar-refractivity contribution is 0.112.